The lowest BCUT2D eigenvalue weighted by Crippen LogP contribution is -2.39. The second-order valence-corrected chi connectivity index (χ2v) is 9.67. The fourth-order valence-electron chi connectivity index (χ4n) is 5.92. The maximum Gasteiger partial charge on any atom is 0.237 e. The number of nitrogen functional groups attached to an aromatic ring is 4. The molecule has 2 heterocycles. The molecule has 0 aromatic heterocycles. The molecule has 2 aromatic carbocycles. The molecule has 196 valence electrons. The van der Waals surface area contributed by atoms with E-state index in [0.29, 0.717) is 35.8 Å². The molecule has 0 atom stereocenters. The number of carbonyl (C=O) groups is 2. The molecule has 0 fully saturated rings. The van der Waals surface area contributed by atoms with Gasteiger partial charge in [-0.2, -0.15) is 0 Å². The normalized spacial score (nSPS) is 17.1. The predicted molar refractivity (Wildman–Crippen MR) is 151 cm³/mol. The molecule has 0 unspecified atom stereocenters. The summed E-state index contributed by atoms with van der Waals surface area (Å²) in [4.78, 5) is 28.9. The van der Waals surface area contributed by atoms with E-state index in [0.717, 1.165) is 48.2 Å². The molecule has 8 N–H and O–H groups in total. The van der Waals surface area contributed by atoms with Gasteiger partial charge in [0.2, 0.25) is 11.8 Å². The highest BCUT2D eigenvalue weighted by molar-refractivity contribution is 6.10. The van der Waals surface area contributed by atoms with Gasteiger partial charge in [0.05, 0.1) is 45.0 Å². The van der Waals surface area contributed by atoms with E-state index in [4.69, 9.17) is 22.9 Å². The van der Waals surface area contributed by atoms with Crippen LogP contribution in [0.15, 0.2) is 24.3 Å². The summed E-state index contributed by atoms with van der Waals surface area (Å²) in [6.07, 6.45) is 3.15. The third kappa shape index (κ3) is 3.74. The van der Waals surface area contributed by atoms with Crippen LogP contribution in [0.1, 0.15) is 78.4 Å². The van der Waals surface area contributed by atoms with Crippen molar-refractivity contribution in [3.63, 3.8) is 0 Å². The lowest BCUT2D eigenvalue weighted by atomic mass is 9.77. The number of fused-ring (bicyclic) bond motifs is 2. The molecule has 2 aromatic rings. The van der Waals surface area contributed by atoms with Crippen LogP contribution in [-0.4, -0.2) is 24.9 Å². The number of carbonyl (C=O) groups excluding carboxylic acids is 2. The molecule has 8 heteroatoms. The zero-order chi connectivity index (χ0) is 27.0. The Morgan fingerprint density at radius 3 is 1.08 bits per heavy atom. The number of nitrogens with zero attached hydrogens (tertiary/aromatic N) is 2. The van der Waals surface area contributed by atoms with Crippen molar-refractivity contribution in [3.05, 3.63) is 35.4 Å². The molecule has 2 aliphatic heterocycles. The van der Waals surface area contributed by atoms with Gasteiger partial charge in [0, 0.05) is 13.1 Å². The zero-order valence-corrected chi connectivity index (χ0v) is 22.6. The van der Waals surface area contributed by atoms with Crippen molar-refractivity contribution in [2.24, 2.45) is 0 Å². The summed E-state index contributed by atoms with van der Waals surface area (Å²) in [5.74, 6) is 0.352. The van der Waals surface area contributed by atoms with Gasteiger partial charge in [-0.1, -0.05) is 27.7 Å². The topological polar surface area (TPSA) is 145 Å². The smallest absolute Gasteiger partial charge is 0.237 e. The quantitative estimate of drug-likeness (QED) is 0.434. The number of nitrogens with two attached hydrogens (primary N) is 4. The standard InChI is InChI=1S/2C14H21N3O/c2*1-4-14(5-2)9-7-10(15)11(16)8-12(9)17(6-3)13(14)18/h2*7-8H,4-6,15-16H2,1-3H3. The van der Waals surface area contributed by atoms with E-state index < -0.39 is 10.8 Å². The molecule has 0 bridgehead atoms. The van der Waals surface area contributed by atoms with Gasteiger partial charge in [0.25, 0.3) is 0 Å². The van der Waals surface area contributed by atoms with E-state index in [1.165, 1.54) is 0 Å². The largest absolute Gasteiger partial charge is 0.397 e. The summed E-state index contributed by atoms with van der Waals surface area (Å²) in [6, 6.07) is 7.43. The molecule has 4 rings (SSSR count). The fourth-order valence-corrected chi connectivity index (χ4v) is 5.92. The van der Waals surface area contributed by atoms with Gasteiger partial charge in [0.15, 0.2) is 0 Å². The van der Waals surface area contributed by atoms with Crippen LogP contribution in [0.5, 0.6) is 0 Å². The van der Waals surface area contributed by atoms with Crippen LogP contribution < -0.4 is 32.7 Å². The van der Waals surface area contributed by atoms with Crippen molar-refractivity contribution in [2.75, 3.05) is 45.8 Å². The lowest BCUT2D eigenvalue weighted by Gasteiger charge is -2.25. The summed E-state index contributed by atoms with van der Waals surface area (Å²) < 4.78 is 0. The lowest BCUT2D eigenvalue weighted by molar-refractivity contribution is -0.124. The molecule has 36 heavy (non-hydrogen) atoms. The minimum Gasteiger partial charge on any atom is -0.397 e. The number of amides is 2. The Balaban J connectivity index is 0.000000201. The number of likely N-dealkylation sites (N-methyl/N-ethyl adjacent to an activating group) is 2. The van der Waals surface area contributed by atoms with Crippen LogP contribution in [-0.2, 0) is 20.4 Å². The Kier molecular flexibility index (Phi) is 7.48. The van der Waals surface area contributed by atoms with Gasteiger partial charge < -0.3 is 32.7 Å². The molecule has 8 nitrogen and oxygen atoms in total. The molecular weight excluding hydrogens is 452 g/mol. The average molecular weight is 495 g/mol. The first-order valence-corrected chi connectivity index (χ1v) is 13.1. The first kappa shape index (κ1) is 27.2. The number of hydrogen-bond donors (Lipinski definition) is 4. The Labute approximate surface area is 215 Å². The summed E-state index contributed by atoms with van der Waals surface area (Å²) in [5, 5.41) is 0. The highest BCUT2D eigenvalue weighted by Gasteiger charge is 2.49. The third-order valence-corrected chi connectivity index (χ3v) is 8.37. The molecule has 0 spiro atoms. The third-order valence-electron chi connectivity index (χ3n) is 8.37. The summed E-state index contributed by atoms with van der Waals surface area (Å²) in [5.41, 5.74) is 28.8. The average Bonchev–Trinajstić information content (AvgIpc) is 3.23. The van der Waals surface area contributed by atoms with E-state index >= 15 is 0 Å². The molecule has 0 saturated heterocycles. The number of benzene rings is 2. The van der Waals surface area contributed by atoms with E-state index in [2.05, 4.69) is 27.7 Å². The highest BCUT2D eigenvalue weighted by Crippen LogP contribution is 2.49. The zero-order valence-electron chi connectivity index (χ0n) is 22.6. The van der Waals surface area contributed by atoms with Gasteiger partial charge in [0.1, 0.15) is 0 Å². The monoisotopic (exact) mass is 494 g/mol. The van der Waals surface area contributed by atoms with Crippen molar-refractivity contribution >= 4 is 45.9 Å². The van der Waals surface area contributed by atoms with Gasteiger partial charge in [-0.25, -0.2) is 0 Å². The summed E-state index contributed by atoms with van der Waals surface area (Å²) >= 11 is 0. The molecule has 2 aliphatic rings. The van der Waals surface area contributed by atoms with Crippen LogP contribution >= 0.6 is 0 Å². The second-order valence-electron chi connectivity index (χ2n) is 9.67. The van der Waals surface area contributed by atoms with Crippen LogP contribution in [0.4, 0.5) is 34.1 Å². The first-order chi connectivity index (χ1) is 17.0. The van der Waals surface area contributed by atoms with Crippen LogP contribution in [0.3, 0.4) is 0 Å². The minimum atomic E-state index is -0.423. The Morgan fingerprint density at radius 2 is 0.833 bits per heavy atom. The second kappa shape index (κ2) is 9.91. The molecule has 0 radical (unpaired) electrons. The Bertz CT molecular complexity index is 1080. The summed E-state index contributed by atoms with van der Waals surface area (Å²) in [7, 11) is 0. The SMILES string of the molecule is CCN1C(=O)C(CC)(CC)c2cc(N)c(N)cc21.CCN1C(=O)C(CC)(CC)c2cc(N)c(N)cc21. The first-order valence-electron chi connectivity index (χ1n) is 13.1. The fraction of sp³-hybridized carbons (Fsp3) is 0.500. The van der Waals surface area contributed by atoms with Gasteiger partial charge in [-0.05, 0) is 74.9 Å². The minimum absolute atomic E-state index is 0.176. The van der Waals surface area contributed by atoms with Gasteiger partial charge in [-0.15, -0.1) is 0 Å². The van der Waals surface area contributed by atoms with E-state index in [1.807, 2.05) is 47.9 Å². The molecule has 0 saturated carbocycles. The maximum absolute atomic E-state index is 12.6. The molecule has 0 aliphatic carbocycles. The highest BCUT2D eigenvalue weighted by atomic mass is 16.2. The van der Waals surface area contributed by atoms with E-state index in [1.54, 1.807) is 0 Å². The van der Waals surface area contributed by atoms with Crippen molar-refractivity contribution in [3.8, 4) is 0 Å². The predicted octanol–water partition coefficient (Wildman–Crippen LogP) is 4.55. The van der Waals surface area contributed by atoms with Gasteiger partial charge >= 0.3 is 0 Å². The number of anilines is 6. The summed E-state index contributed by atoms with van der Waals surface area (Å²) in [6.45, 7) is 13.5. The van der Waals surface area contributed by atoms with Crippen LogP contribution in [0.2, 0.25) is 0 Å². The van der Waals surface area contributed by atoms with Crippen molar-refractivity contribution in [1.82, 2.24) is 0 Å². The molecule has 2 amide bonds. The van der Waals surface area contributed by atoms with Crippen molar-refractivity contribution < 1.29 is 9.59 Å². The van der Waals surface area contributed by atoms with Crippen molar-refractivity contribution in [1.29, 1.82) is 0 Å². The Hall–Kier alpha value is -3.42. The maximum atomic E-state index is 12.6. The van der Waals surface area contributed by atoms with Crippen molar-refractivity contribution in [2.45, 2.75) is 78.1 Å². The van der Waals surface area contributed by atoms with Crippen LogP contribution in [0, 0.1) is 0 Å². The van der Waals surface area contributed by atoms with E-state index in [-0.39, 0.29) is 11.8 Å². The Morgan fingerprint density at radius 1 is 0.556 bits per heavy atom. The van der Waals surface area contributed by atoms with E-state index in [9.17, 15) is 9.59 Å². The van der Waals surface area contributed by atoms with Gasteiger partial charge in [-0.3, -0.25) is 9.59 Å². The molecular formula is C28H42N6O2. The van der Waals surface area contributed by atoms with Crippen LogP contribution in [0.25, 0.3) is 0 Å². The number of hydrogen-bond acceptors (Lipinski definition) is 6. The number of rotatable bonds is 6.